The van der Waals surface area contributed by atoms with E-state index >= 15 is 0 Å². The molecule has 1 fully saturated rings. The first kappa shape index (κ1) is 14.1. The molecule has 1 saturated carbocycles. The number of alkyl halides is 1. The summed E-state index contributed by atoms with van der Waals surface area (Å²) >= 11 is 3.57. The average Bonchev–Trinajstić information content (AvgIpc) is 2.69. The monoisotopic (exact) mass is 310 g/mol. The maximum Gasteiger partial charge on any atom is 0.0921 e. The van der Waals surface area contributed by atoms with Gasteiger partial charge in [0, 0.05) is 5.33 Å². The van der Waals surface area contributed by atoms with E-state index in [9.17, 15) is 0 Å². The van der Waals surface area contributed by atoms with E-state index in [0.717, 1.165) is 17.9 Å². The number of rotatable bonds is 5. The molecule has 0 heterocycles. The molecule has 2 heteroatoms. The van der Waals surface area contributed by atoms with Crippen molar-refractivity contribution < 1.29 is 4.74 Å². The second-order valence-electron chi connectivity index (χ2n) is 5.24. The fourth-order valence-corrected chi connectivity index (χ4v) is 3.24. The minimum atomic E-state index is 0.203. The Morgan fingerprint density at radius 3 is 2.33 bits per heavy atom. The van der Waals surface area contributed by atoms with Crippen LogP contribution in [0.5, 0.6) is 0 Å². The third kappa shape index (κ3) is 4.40. The molecular weight excluding hydrogens is 288 g/mol. The maximum atomic E-state index is 6.13. The molecule has 1 atom stereocenters. The summed E-state index contributed by atoms with van der Waals surface area (Å²) in [5.74, 6) is 0.776. The first-order chi connectivity index (χ1) is 8.90. The van der Waals surface area contributed by atoms with Crippen molar-refractivity contribution in [3.8, 4) is 0 Å². The van der Waals surface area contributed by atoms with Crippen molar-refractivity contribution in [3.05, 3.63) is 35.9 Å². The van der Waals surface area contributed by atoms with Gasteiger partial charge in [0.1, 0.15) is 0 Å². The highest BCUT2D eigenvalue weighted by atomic mass is 79.9. The molecular formula is C16H23BrO. The first-order valence-electron chi connectivity index (χ1n) is 7.12. The van der Waals surface area contributed by atoms with Crippen LogP contribution in [0.4, 0.5) is 0 Å². The largest absolute Gasteiger partial charge is 0.372 e. The van der Waals surface area contributed by atoms with Crippen molar-refractivity contribution in [2.75, 3.05) is 11.9 Å². The minimum absolute atomic E-state index is 0.203. The lowest BCUT2D eigenvalue weighted by Crippen LogP contribution is -2.14. The van der Waals surface area contributed by atoms with E-state index in [0.29, 0.717) is 0 Å². The topological polar surface area (TPSA) is 9.23 Å². The van der Waals surface area contributed by atoms with Gasteiger partial charge in [0.2, 0.25) is 0 Å². The Hall–Kier alpha value is -0.340. The van der Waals surface area contributed by atoms with Crippen LogP contribution in [0.2, 0.25) is 0 Å². The van der Waals surface area contributed by atoms with Crippen molar-refractivity contribution in [2.24, 2.45) is 5.92 Å². The van der Waals surface area contributed by atoms with E-state index in [2.05, 4.69) is 46.3 Å². The van der Waals surface area contributed by atoms with Crippen LogP contribution in [-0.4, -0.2) is 11.9 Å². The molecule has 0 amide bonds. The Morgan fingerprint density at radius 1 is 1.06 bits per heavy atom. The fourth-order valence-electron chi connectivity index (χ4n) is 2.68. The molecule has 1 aliphatic carbocycles. The highest BCUT2D eigenvalue weighted by Gasteiger charge is 2.16. The molecule has 18 heavy (non-hydrogen) atoms. The summed E-state index contributed by atoms with van der Waals surface area (Å²) in [4.78, 5) is 0. The van der Waals surface area contributed by atoms with Crippen LogP contribution in [0, 0.1) is 5.92 Å². The van der Waals surface area contributed by atoms with Gasteiger partial charge in [-0.05, 0) is 24.3 Å². The smallest absolute Gasteiger partial charge is 0.0921 e. The van der Waals surface area contributed by atoms with Gasteiger partial charge in [0.15, 0.2) is 0 Å². The highest BCUT2D eigenvalue weighted by molar-refractivity contribution is 9.09. The number of benzene rings is 1. The van der Waals surface area contributed by atoms with Gasteiger partial charge in [-0.2, -0.15) is 0 Å². The summed E-state index contributed by atoms with van der Waals surface area (Å²) in [5, 5.41) is 0.879. The molecule has 0 bridgehead atoms. The summed E-state index contributed by atoms with van der Waals surface area (Å²) < 4.78 is 6.13. The van der Waals surface area contributed by atoms with Gasteiger partial charge >= 0.3 is 0 Å². The number of hydrogen-bond acceptors (Lipinski definition) is 1. The minimum Gasteiger partial charge on any atom is -0.372 e. The summed E-state index contributed by atoms with van der Waals surface area (Å²) in [6.45, 7) is 0.922. The second-order valence-corrected chi connectivity index (χ2v) is 5.89. The molecule has 0 saturated heterocycles. The highest BCUT2D eigenvalue weighted by Crippen LogP contribution is 2.26. The molecule has 1 aromatic rings. The van der Waals surface area contributed by atoms with Gasteiger partial charge in [-0.15, -0.1) is 0 Å². The molecule has 0 aliphatic heterocycles. The Bertz CT molecular complexity index is 317. The Morgan fingerprint density at radius 2 is 1.72 bits per heavy atom. The Balaban J connectivity index is 1.83. The SMILES string of the molecule is BrCC(OCC1CCCCCC1)c1ccccc1. The van der Waals surface area contributed by atoms with Crippen LogP contribution in [0.15, 0.2) is 30.3 Å². The van der Waals surface area contributed by atoms with Crippen LogP contribution in [0.25, 0.3) is 0 Å². The van der Waals surface area contributed by atoms with E-state index in [4.69, 9.17) is 4.74 Å². The average molecular weight is 311 g/mol. The lowest BCUT2D eigenvalue weighted by molar-refractivity contribution is 0.0392. The zero-order chi connectivity index (χ0) is 12.6. The molecule has 1 unspecified atom stereocenters. The van der Waals surface area contributed by atoms with E-state index < -0.39 is 0 Å². The van der Waals surface area contributed by atoms with Gasteiger partial charge in [0.25, 0.3) is 0 Å². The molecule has 2 rings (SSSR count). The van der Waals surface area contributed by atoms with Crippen molar-refractivity contribution >= 4 is 15.9 Å². The molecule has 0 spiro atoms. The maximum absolute atomic E-state index is 6.13. The number of ether oxygens (including phenoxy) is 1. The standard InChI is InChI=1S/C16H23BrO/c17-12-16(15-10-6-3-7-11-15)18-13-14-8-4-1-2-5-9-14/h3,6-7,10-11,14,16H,1-2,4-5,8-9,12-13H2. The lowest BCUT2D eigenvalue weighted by Gasteiger charge is -2.20. The Labute approximate surface area is 119 Å². The van der Waals surface area contributed by atoms with Crippen molar-refractivity contribution in [3.63, 3.8) is 0 Å². The zero-order valence-corrected chi connectivity index (χ0v) is 12.6. The first-order valence-corrected chi connectivity index (χ1v) is 8.25. The lowest BCUT2D eigenvalue weighted by atomic mass is 10.0. The van der Waals surface area contributed by atoms with Crippen molar-refractivity contribution in [1.82, 2.24) is 0 Å². The van der Waals surface area contributed by atoms with Gasteiger partial charge in [-0.3, -0.25) is 0 Å². The molecule has 0 radical (unpaired) electrons. The fraction of sp³-hybridized carbons (Fsp3) is 0.625. The predicted octanol–water partition coefficient (Wildman–Crippen LogP) is 5.11. The van der Waals surface area contributed by atoms with E-state index in [1.54, 1.807) is 0 Å². The molecule has 100 valence electrons. The van der Waals surface area contributed by atoms with Crippen LogP contribution < -0.4 is 0 Å². The summed E-state index contributed by atoms with van der Waals surface area (Å²) in [6, 6.07) is 10.5. The van der Waals surface area contributed by atoms with Crippen molar-refractivity contribution in [2.45, 2.75) is 44.6 Å². The van der Waals surface area contributed by atoms with E-state index in [1.165, 1.54) is 44.1 Å². The van der Waals surface area contributed by atoms with Gasteiger partial charge in [-0.1, -0.05) is 71.9 Å². The van der Waals surface area contributed by atoms with Crippen LogP contribution in [0.1, 0.15) is 50.2 Å². The predicted molar refractivity (Wildman–Crippen MR) is 80.1 cm³/mol. The normalized spacial score (nSPS) is 19.4. The number of hydrogen-bond donors (Lipinski definition) is 0. The summed E-state index contributed by atoms with van der Waals surface area (Å²) in [6.07, 6.45) is 8.51. The van der Waals surface area contributed by atoms with Gasteiger partial charge in [0.05, 0.1) is 12.7 Å². The summed E-state index contributed by atoms with van der Waals surface area (Å²) in [5.41, 5.74) is 1.28. The molecule has 1 aromatic carbocycles. The second kappa shape index (κ2) is 7.96. The molecule has 1 nitrogen and oxygen atoms in total. The third-order valence-corrected chi connectivity index (χ3v) is 4.41. The van der Waals surface area contributed by atoms with E-state index in [1.807, 2.05) is 0 Å². The van der Waals surface area contributed by atoms with Crippen LogP contribution >= 0.6 is 15.9 Å². The van der Waals surface area contributed by atoms with Gasteiger partial charge in [-0.25, -0.2) is 0 Å². The Kier molecular flexibility index (Phi) is 6.22. The quantitative estimate of drug-likeness (QED) is 0.542. The summed E-state index contributed by atoms with van der Waals surface area (Å²) in [7, 11) is 0. The number of halogens is 1. The van der Waals surface area contributed by atoms with E-state index in [-0.39, 0.29) is 6.10 Å². The van der Waals surface area contributed by atoms with Crippen LogP contribution in [0.3, 0.4) is 0 Å². The van der Waals surface area contributed by atoms with Gasteiger partial charge < -0.3 is 4.74 Å². The van der Waals surface area contributed by atoms with Crippen molar-refractivity contribution in [1.29, 1.82) is 0 Å². The molecule has 0 aromatic heterocycles. The molecule has 0 N–H and O–H groups in total. The molecule has 1 aliphatic rings. The van der Waals surface area contributed by atoms with Crippen LogP contribution in [-0.2, 0) is 4.74 Å². The third-order valence-electron chi connectivity index (χ3n) is 3.82. The zero-order valence-electron chi connectivity index (χ0n) is 11.0.